The quantitative estimate of drug-likeness (QED) is 0.793. The number of carbonyl (C=O) groups is 1. The smallest absolute Gasteiger partial charge is 0.195 e. The predicted molar refractivity (Wildman–Crippen MR) is 76.7 cm³/mol. The summed E-state index contributed by atoms with van der Waals surface area (Å²) in [5, 5.41) is 9.07. The van der Waals surface area contributed by atoms with Gasteiger partial charge in [0.2, 0.25) is 0 Å². The van der Waals surface area contributed by atoms with E-state index in [1.807, 2.05) is 30.3 Å². The molecule has 0 fully saturated rings. The number of benzene rings is 2. The molecule has 2 aromatic rings. The van der Waals surface area contributed by atoms with Crippen LogP contribution in [0.2, 0.25) is 0 Å². The fourth-order valence-electron chi connectivity index (χ4n) is 1.77. The van der Waals surface area contributed by atoms with E-state index in [9.17, 15) is 9.18 Å². The third kappa shape index (κ3) is 3.94. The normalized spacial score (nSPS) is 11.6. The molecule has 0 bridgehead atoms. The topological polar surface area (TPSA) is 40.9 Å². The Kier molecular flexibility index (Phi) is 4.91. The number of hydrogen-bond donors (Lipinski definition) is 0. The van der Waals surface area contributed by atoms with Gasteiger partial charge in [0.1, 0.15) is 5.82 Å². The largest absolute Gasteiger partial charge is 0.287 e. The Labute approximate surface area is 121 Å². The monoisotopic (exact) mass is 285 g/mol. The summed E-state index contributed by atoms with van der Waals surface area (Å²) >= 11 is 1.03. The Morgan fingerprint density at radius 3 is 2.40 bits per heavy atom. The van der Waals surface area contributed by atoms with Crippen molar-refractivity contribution in [2.45, 2.75) is 17.2 Å². The second-order valence-corrected chi connectivity index (χ2v) is 5.36. The van der Waals surface area contributed by atoms with E-state index in [0.29, 0.717) is 4.90 Å². The van der Waals surface area contributed by atoms with Gasteiger partial charge in [-0.1, -0.05) is 42.1 Å². The van der Waals surface area contributed by atoms with Crippen LogP contribution in [0.3, 0.4) is 0 Å². The fraction of sp³-hybridized carbons (Fsp3) is 0.125. The van der Waals surface area contributed by atoms with E-state index < -0.39 is 5.92 Å². The van der Waals surface area contributed by atoms with Crippen LogP contribution < -0.4 is 0 Å². The molecule has 0 aliphatic heterocycles. The van der Waals surface area contributed by atoms with Crippen LogP contribution in [0, 0.1) is 17.1 Å². The predicted octanol–water partition coefficient (Wildman–Crippen LogP) is 4.14. The first-order valence-electron chi connectivity index (χ1n) is 6.10. The molecule has 0 aliphatic carbocycles. The Bertz CT molecular complexity index is 619. The first-order valence-corrected chi connectivity index (χ1v) is 6.91. The van der Waals surface area contributed by atoms with Crippen molar-refractivity contribution in [3.63, 3.8) is 0 Å². The zero-order chi connectivity index (χ0) is 14.4. The summed E-state index contributed by atoms with van der Waals surface area (Å²) < 4.78 is 12.8. The van der Waals surface area contributed by atoms with E-state index in [1.54, 1.807) is 12.1 Å². The van der Waals surface area contributed by atoms with Crippen molar-refractivity contribution in [3.05, 3.63) is 66.0 Å². The van der Waals surface area contributed by atoms with Crippen molar-refractivity contribution in [3.8, 4) is 6.07 Å². The first kappa shape index (κ1) is 14.3. The number of carbonyl (C=O) groups excluding carboxylic acids is 1. The van der Waals surface area contributed by atoms with Gasteiger partial charge in [-0.25, -0.2) is 4.39 Å². The standard InChI is InChI=1S/C16H12FNOS/c17-14-6-8-15(9-7-14)20-16(19)10-13(11-18)12-4-2-1-3-5-12/h1-9,13H,10H2/t13-/m0/s1. The molecule has 2 nitrogen and oxygen atoms in total. The van der Waals surface area contributed by atoms with Crippen LogP contribution >= 0.6 is 11.8 Å². The first-order chi connectivity index (χ1) is 9.69. The molecular formula is C16H12FNOS. The van der Waals surface area contributed by atoms with Crippen LogP contribution in [0.5, 0.6) is 0 Å². The maximum Gasteiger partial charge on any atom is 0.195 e. The van der Waals surface area contributed by atoms with Crippen LogP contribution in [0.15, 0.2) is 59.5 Å². The van der Waals surface area contributed by atoms with E-state index in [1.165, 1.54) is 12.1 Å². The van der Waals surface area contributed by atoms with Crippen molar-refractivity contribution >= 4 is 16.9 Å². The summed E-state index contributed by atoms with van der Waals surface area (Å²) in [5.74, 6) is -0.780. The van der Waals surface area contributed by atoms with Crippen molar-refractivity contribution in [2.75, 3.05) is 0 Å². The minimum absolute atomic E-state index is 0.105. The van der Waals surface area contributed by atoms with Crippen molar-refractivity contribution < 1.29 is 9.18 Å². The highest BCUT2D eigenvalue weighted by atomic mass is 32.2. The van der Waals surface area contributed by atoms with E-state index in [2.05, 4.69) is 6.07 Å². The molecule has 2 aromatic carbocycles. The highest BCUT2D eigenvalue weighted by molar-refractivity contribution is 8.13. The molecule has 0 saturated carbocycles. The number of hydrogen-bond acceptors (Lipinski definition) is 3. The van der Waals surface area contributed by atoms with Crippen LogP contribution in [-0.4, -0.2) is 5.12 Å². The third-order valence-electron chi connectivity index (χ3n) is 2.77. The van der Waals surface area contributed by atoms with Gasteiger partial charge in [0.05, 0.1) is 12.0 Å². The van der Waals surface area contributed by atoms with Crippen LogP contribution in [0.1, 0.15) is 17.9 Å². The summed E-state index contributed by atoms with van der Waals surface area (Å²) in [6.07, 6.45) is 0.141. The lowest BCUT2D eigenvalue weighted by Gasteiger charge is -2.08. The molecule has 0 aliphatic rings. The van der Waals surface area contributed by atoms with Crippen molar-refractivity contribution in [2.24, 2.45) is 0 Å². The number of nitrogens with zero attached hydrogens (tertiary/aromatic N) is 1. The highest BCUT2D eigenvalue weighted by Crippen LogP contribution is 2.26. The molecule has 100 valence electrons. The Balaban J connectivity index is 2.00. The van der Waals surface area contributed by atoms with Gasteiger partial charge in [-0.2, -0.15) is 5.26 Å². The summed E-state index contributed by atoms with van der Waals surface area (Å²) in [5.41, 5.74) is 0.836. The number of rotatable bonds is 4. The lowest BCUT2D eigenvalue weighted by molar-refractivity contribution is -0.111. The molecular weight excluding hydrogens is 273 g/mol. The molecule has 20 heavy (non-hydrogen) atoms. The summed E-state index contributed by atoms with van der Waals surface area (Å²) in [6, 6.07) is 17.1. The Morgan fingerprint density at radius 2 is 1.80 bits per heavy atom. The van der Waals surface area contributed by atoms with E-state index >= 15 is 0 Å². The van der Waals surface area contributed by atoms with Gasteiger partial charge in [0, 0.05) is 11.3 Å². The van der Waals surface area contributed by atoms with Gasteiger partial charge in [-0.15, -0.1) is 0 Å². The third-order valence-corrected chi connectivity index (χ3v) is 3.68. The molecule has 0 spiro atoms. The molecule has 0 unspecified atom stereocenters. The lowest BCUT2D eigenvalue weighted by atomic mass is 9.98. The summed E-state index contributed by atoms with van der Waals surface area (Å²) in [4.78, 5) is 12.6. The molecule has 4 heteroatoms. The molecule has 2 rings (SSSR count). The Hall–Kier alpha value is -2.12. The maximum atomic E-state index is 12.8. The minimum Gasteiger partial charge on any atom is -0.287 e. The second-order valence-electron chi connectivity index (χ2n) is 4.22. The summed E-state index contributed by atoms with van der Waals surface area (Å²) in [6.45, 7) is 0. The van der Waals surface area contributed by atoms with Gasteiger partial charge in [-0.3, -0.25) is 4.79 Å². The minimum atomic E-state index is -0.448. The van der Waals surface area contributed by atoms with Gasteiger partial charge < -0.3 is 0 Å². The Morgan fingerprint density at radius 1 is 1.15 bits per heavy atom. The number of nitriles is 1. The fourth-order valence-corrected chi connectivity index (χ4v) is 2.55. The molecule has 0 amide bonds. The number of halogens is 1. The van der Waals surface area contributed by atoms with Crippen LogP contribution in [0.4, 0.5) is 4.39 Å². The van der Waals surface area contributed by atoms with Gasteiger partial charge in [0.25, 0.3) is 0 Å². The lowest BCUT2D eigenvalue weighted by Crippen LogP contribution is -2.02. The van der Waals surface area contributed by atoms with Crippen molar-refractivity contribution in [1.82, 2.24) is 0 Å². The number of thioether (sulfide) groups is 1. The molecule has 1 atom stereocenters. The van der Waals surface area contributed by atoms with Gasteiger partial charge in [0.15, 0.2) is 5.12 Å². The van der Waals surface area contributed by atoms with Crippen LogP contribution in [0.25, 0.3) is 0 Å². The van der Waals surface area contributed by atoms with E-state index in [-0.39, 0.29) is 17.4 Å². The van der Waals surface area contributed by atoms with Gasteiger partial charge >= 0.3 is 0 Å². The maximum absolute atomic E-state index is 12.8. The SMILES string of the molecule is N#C[C@H](CC(=O)Sc1ccc(F)cc1)c1ccccc1. The molecule has 0 N–H and O–H groups in total. The van der Waals surface area contributed by atoms with E-state index in [0.717, 1.165) is 17.3 Å². The summed E-state index contributed by atoms with van der Waals surface area (Å²) in [7, 11) is 0. The van der Waals surface area contributed by atoms with Gasteiger partial charge in [-0.05, 0) is 29.8 Å². The average molecular weight is 285 g/mol. The molecule has 0 heterocycles. The average Bonchev–Trinajstić information content (AvgIpc) is 2.48. The molecule has 0 radical (unpaired) electrons. The zero-order valence-electron chi connectivity index (χ0n) is 10.6. The second kappa shape index (κ2) is 6.88. The van der Waals surface area contributed by atoms with Crippen molar-refractivity contribution in [1.29, 1.82) is 5.26 Å². The van der Waals surface area contributed by atoms with E-state index in [4.69, 9.17) is 5.26 Å². The molecule has 0 saturated heterocycles. The molecule has 0 aromatic heterocycles. The van der Waals surface area contributed by atoms with Crippen LogP contribution in [-0.2, 0) is 4.79 Å². The zero-order valence-corrected chi connectivity index (χ0v) is 11.4. The highest BCUT2D eigenvalue weighted by Gasteiger charge is 2.16.